The Morgan fingerprint density at radius 2 is 2.50 bits per heavy atom. The summed E-state index contributed by atoms with van der Waals surface area (Å²) in [7, 11) is 0. The van der Waals surface area contributed by atoms with Gasteiger partial charge in [0, 0.05) is 13.1 Å². The molecule has 98 valence electrons. The fourth-order valence-corrected chi connectivity index (χ4v) is 2.05. The number of nitrogens with zero attached hydrogens (tertiary/aromatic N) is 3. The number of carbonyl (C=O) groups excluding carboxylic acids is 1. The lowest BCUT2D eigenvalue weighted by Crippen LogP contribution is -2.47. The van der Waals surface area contributed by atoms with Crippen LogP contribution in [0, 0.1) is 0 Å². The lowest BCUT2D eigenvalue weighted by atomic mass is 10.2. The van der Waals surface area contributed by atoms with Gasteiger partial charge in [0.25, 0.3) is 0 Å². The third kappa shape index (κ3) is 3.37. The Balaban J connectivity index is 1.88. The van der Waals surface area contributed by atoms with Crippen LogP contribution in [0.4, 0.5) is 9.93 Å². The molecule has 2 rings (SSSR count). The zero-order chi connectivity index (χ0) is 13.0. The number of aliphatic carboxylic acids is 1. The number of hydrogen-bond acceptors (Lipinski definition) is 6. The first kappa shape index (κ1) is 12.7. The summed E-state index contributed by atoms with van der Waals surface area (Å²) in [4.78, 5) is 23.9. The van der Waals surface area contributed by atoms with Crippen LogP contribution in [0.2, 0.25) is 0 Å². The third-order valence-corrected chi connectivity index (χ3v) is 3.01. The molecule has 0 bridgehead atoms. The normalized spacial score (nSPS) is 19.6. The highest BCUT2D eigenvalue weighted by Crippen LogP contribution is 2.13. The van der Waals surface area contributed by atoms with Crippen molar-refractivity contribution in [3.63, 3.8) is 0 Å². The summed E-state index contributed by atoms with van der Waals surface area (Å²) in [6.45, 7) is 1.03. The summed E-state index contributed by atoms with van der Waals surface area (Å²) in [5, 5.41) is 19.0. The second kappa shape index (κ2) is 5.74. The van der Waals surface area contributed by atoms with Crippen molar-refractivity contribution < 1.29 is 19.4 Å². The van der Waals surface area contributed by atoms with E-state index < -0.39 is 12.1 Å². The second-order valence-electron chi connectivity index (χ2n) is 3.71. The molecule has 1 aliphatic rings. The predicted molar refractivity (Wildman–Crippen MR) is 62.5 cm³/mol. The number of nitrogens with one attached hydrogen (secondary N) is 1. The molecule has 1 unspecified atom stereocenters. The van der Waals surface area contributed by atoms with Crippen molar-refractivity contribution in [2.75, 3.05) is 25.0 Å². The highest BCUT2D eigenvalue weighted by Gasteiger charge is 2.26. The van der Waals surface area contributed by atoms with Gasteiger partial charge in [-0.2, -0.15) is 0 Å². The van der Waals surface area contributed by atoms with Gasteiger partial charge in [0.1, 0.15) is 5.51 Å². The van der Waals surface area contributed by atoms with Crippen molar-refractivity contribution in [3.8, 4) is 0 Å². The SMILES string of the molecule is O=C(O)CC1CN(C(=O)Nc2nncs2)CCO1. The number of carbonyl (C=O) groups is 2. The predicted octanol–water partition coefficient (Wildman–Crippen LogP) is 0.245. The quantitative estimate of drug-likeness (QED) is 0.817. The number of urea groups is 1. The van der Waals surface area contributed by atoms with Crippen LogP contribution in [-0.4, -0.2) is 58.0 Å². The van der Waals surface area contributed by atoms with Crippen molar-refractivity contribution in [2.45, 2.75) is 12.5 Å². The Labute approximate surface area is 107 Å². The minimum absolute atomic E-state index is 0.109. The van der Waals surface area contributed by atoms with Gasteiger partial charge in [0.2, 0.25) is 5.13 Å². The molecule has 1 aromatic rings. The highest BCUT2D eigenvalue weighted by atomic mass is 32.1. The maximum Gasteiger partial charge on any atom is 0.323 e. The molecule has 1 fully saturated rings. The molecule has 0 aliphatic carbocycles. The minimum Gasteiger partial charge on any atom is -0.481 e. The smallest absolute Gasteiger partial charge is 0.323 e. The molecule has 2 heterocycles. The summed E-state index contributed by atoms with van der Waals surface area (Å²) in [5.41, 5.74) is 1.52. The second-order valence-corrected chi connectivity index (χ2v) is 4.54. The van der Waals surface area contributed by atoms with Gasteiger partial charge < -0.3 is 14.7 Å². The number of morpholine rings is 1. The molecule has 0 spiro atoms. The summed E-state index contributed by atoms with van der Waals surface area (Å²) < 4.78 is 5.28. The van der Waals surface area contributed by atoms with Gasteiger partial charge in [-0.15, -0.1) is 10.2 Å². The van der Waals surface area contributed by atoms with Gasteiger partial charge in [0.15, 0.2) is 0 Å². The van der Waals surface area contributed by atoms with Crippen molar-refractivity contribution in [2.24, 2.45) is 0 Å². The Morgan fingerprint density at radius 1 is 1.67 bits per heavy atom. The molecular weight excluding hydrogens is 260 g/mol. The summed E-state index contributed by atoms with van der Waals surface area (Å²) in [6.07, 6.45) is -0.570. The molecule has 18 heavy (non-hydrogen) atoms. The van der Waals surface area contributed by atoms with Gasteiger partial charge in [0.05, 0.1) is 19.1 Å². The van der Waals surface area contributed by atoms with E-state index in [9.17, 15) is 9.59 Å². The number of anilines is 1. The van der Waals surface area contributed by atoms with Gasteiger partial charge in [-0.1, -0.05) is 11.3 Å². The third-order valence-electron chi connectivity index (χ3n) is 2.40. The van der Waals surface area contributed by atoms with Crippen LogP contribution in [-0.2, 0) is 9.53 Å². The van der Waals surface area contributed by atoms with Crippen LogP contribution in [0.5, 0.6) is 0 Å². The van der Waals surface area contributed by atoms with Crippen LogP contribution in [0.25, 0.3) is 0 Å². The number of carboxylic acid groups (broad SMARTS) is 1. The average molecular weight is 272 g/mol. The summed E-state index contributed by atoms with van der Waals surface area (Å²) in [6, 6.07) is -0.314. The van der Waals surface area contributed by atoms with Crippen molar-refractivity contribution in [1.29, 1.82) is 0 Å². The van der Waals surface area contributed by atoms with Crippen LogP contribution >= 0.6 is 11.3 Å². The van der Waals surface area contributed by atoms with E-state index in [4.69, 9.17) is 9.84 Å². The highest BCUT2D eigenvalue weighted by molar-refractivity contribution is 7.13. The molecule has 2 N–H and O–H groups in total. The Morgan fingerprint density at radius 3 is 3.17 bits per heavy atom. The van der Waals surface area contributed by atoms with Gasteiger partial charge in [-0.25, -0.2) is 4.79 Å². The number of aromatic nitrogens is 2. The number of hydrogen-bond donors (Lipinski definition) is 2. The molecule has 8 nitrogen and oxygen atoms in total. The van der Waals surface area contributed by atoms with E-state index in [1.165, 1.54) is 21.7 Å². The summed E-state index contributed by atoms with van der Waals surface area (Å²) >= 11 is 1.22. The number of rotatable bonds is 3. The first-order chi connectivity index (χ1) is 8.65. The molecule has 1 aliphatic heterocycles. The van der Waals surface area contributed by atoms with E-state index in [0.717, 1.165) is 0 Å². The Kier molecular flexibility index (Phi) is 4.05. The molecule has 0 saturated carbocycles. The van der Waals surface area contributed by atoms with Crippen LogP contribution < -0.4 is 5.32 Å². The Hall–Kier alpha value is -1.74. The molecule has 0 radical (unpaired) electrons. The first-order valence-corrected chi connectivity index (χ1v) is 6.18. The van der Waals surface area contributed by atoms with E-state index in [1.807, 2.05) is 0 Å². The van der Waals surface area contributed by atoms with Gasteiger partial charge in [-0.3, -0.25) is 10.1 Å². The number of carboxylic acids is 1. The lowest BCUT2D eigenvalue weighted by Gasteiger charge is -2.31. The van der Waals surface area contributed by atoms with Gasteiger partial charge in [-0.05, 0) is 0 Å². The van der Waals surface area contributed by atoms with E-state index >= 15 is 0 Å². The molecule has 1 aromatic heterocycles. The zero-order valence-electron chi connectivity index (χ0n) is 9.40. The van der Waals surface area contributed by atoms with Crippen molar-refractivity contribution in [1.82, 2.24) is 15.1 Å². The molecule has 9 heteroatoms. The largest absolute Gasteiger partial charge is 0.481 e. The minimum atomic E-state index is -0.939. The molecule has 1 atom stereocenters. The standard InChI is InChI=1S/C9H12N4O4S/c14-7(15)3-6-4-13(1-2-17-6)9(16)11-8-12-10-5-18-8/h5-6H,1-4H2,(H,14,15)(H,11,12,16). The fraction of sp³-hybridized carbons (Fsp3) is 0.556. The summed E-state index contributed by atoms with van der Waals surface area (Å²) in [5.74, 6) is -0.939. The lowest BCUT2D eigenvalue weighted by molar-refractivity contribution is -0.141. The van der Waals surface area contributed by atoms with E-state index in [1.54, 1.807) is 0 Å². The van der Waals surface area contributed by atoms with E-state index in [0.29, 0.717) is 18.3 Å². The topological polar surface area (TPSA) is 105 Å². The molecule has 0 aromatic carbocycles. The van der Waals surface area contributed by atoms with Crippen molar-refractivity contribution >= 4 is 28.5 Å². The van der Waals surface area contributed by atoms with Crippen LogP contribution in [0.3, 0.4) is 0 Å². The molecule has 1 saturated heterocycles. The maximum absolute atomic E-state index is 11.8. The van der Waals surface area contributed by atoms with E-state index in [-0.39, 0.29) is 19.0 Å². The van der Waals surface area contributed by atoms with Crippen molar-refractivity contribution in [3.05, 3.63) is 5.51 Å². The maximum atomic E-state index is 11.8. The number of ether oxygens (including phenoxy) is 1. The molecular formula is C9H12N4O4S. The Bertz CT molecular complexity index is 424. The monoisotopic (exact) mass is 272 g/mol. The number of amides is 2. The van der Waals surface area contributed by atoms with Crippen LogP contribution in [0.15, 0.2) is 5.51 Å². The van der Waals surface area contributed by atoms with E-state index in [2.05, 4.69) is 15.5 Å². The average Bonchev–Trinajstić information content (AvgIpc) is 2.81. The molecule has 2 amide bonds. The van der Waals surface area contributed by atoms with Crippen LogP contribution in [0.1, 0.15) is 6.42 Å². The first-order valence-electron chi connectivity index (χ1n) is 5.30. The van der Waals surface area contributed by atoms with Gasteiger partial charge >= 0.3 is 12.0 Å². The zero-order valence-corrected chi connectivity index (χ0v) is 10.2. The fourth-order valence-electron chi connectivity index (χ4n) is 1.62.